The molecule has 13 nitrogen and oxygen atoms in total. The number of urea groups is 1. The Morgan fingerprint density at radius 3 is 2.10 bits per heavy atom. The normalized spacial score (nSPS) is 11.7. The number of pyridine rings is 1. The summed E-state index contributed by atoms with van der Waals surface area (Å²) in [4.78, 5) is 29.4. The molecule has 0 radical (unpaired) electrons. The van der Waals surface area contributed by atoms with Crippen LogP contribution in [0.15, 0.2) is 85.1 Å². The Balaban J connectivity index is 0.000000929. The number of aryl methyl sites for hydroxylation is 1. The highest BCUT2D eigenvalue weighted by Gasteiger charge is 2.22. The van der Waals surface area contributed by atoms with E-state index in [0.717, 1.165) is 39.5 Å². The number of benzene rings is 3. The Labute approximate surface area is 304 Å². The van der Waals surface area contributed by atoms with Crippen LogP contribution >= 0.6 is 0 Å². The fourth-order valence-corrected chi connectivity index (χ4v) is 5.25. The fourth-order valence-electron chi connectivity index (χ4n) is 4.71. The molecule has 0 saturated heterocycles. The second kappa shape index (κ2) is 16.4. The lowest BCUT2D eigenvalue weighted by molar-refractivity contribution is -0.113. The summed E-state index contributed by atoms with van der Waals surface area (Å²) in [6.45, 7) is 10.0. The summed E-state index contributed by atoms with van der Waals surface area (Å²) < 4.78 is 50.7. The van der Waals surface area contributed by atoms with Gasteiger partial charge in [-0.2, -0.15) is 5.10 Å². The van der Waals surface area contributed by atoms with Crippen molar-refractivity contribution >= 4 is 59.7 Å². The van der Waals surface area contributed by atoms with Crippen molar-refractivity contribution < 1.29 is 31.2 Å². The van der Waals surface area contributed by atoms with Crippen molar-refractivity contribution in [1.82, 2.24) is 14.8 Å². The first-order valence-electron chi connectivity index (χ1n) is 16.3. The minimum Gasteiger partial charge on any atom is -0.488 e. The van der Waals surface area contributed by atoms with Gasteiger partial charge in [0.1, 0.15) is 39.6 Å². The molecule has 3 amide bonds. The fraction of sp³-hybridized carbons (Fsp3) is 0.297. The molecule has 276 valence electrons. The summed E-state index contributed by atoms with van der Waals surface area (Å²) in [5.41, 5.74) is 3.89. The predicted molar refractivity (Wildman–Crippen MR) is 206 cm³/mol. The van der Waals surface area contributed by atoms with Crippen LogP contribution in [-0.2, 0) is 36.5 Å². The standard InChI is InChI=1S/C34H36N6O5S.C3H8O2S/c1-22-10-12-24(13-11-22)40-31(19-29(39-40)34(2,3)4)38-33(42)36-27-14-15-28(26-9-7-6-8-25(26)27)45-20-23-16-17-35-30(18-23)37-32(41)21-46(5,43)44;1-3-6(2,4)5/h6-19H,20-21H2,1-5H3,(H,35,37,41)(H2,36,38,42);3H2,1-2H3. The lowest BCUT2D eigenvalue weighted by Crippen LogP contribution is -2.22. The summed E-state index contributed by atoms with van der Waals surface area (Å²) in [6, 6.07) is 23.9. The predicted octanol–water partition coefficient (Wildman–Crippen LogP) is 6.28. The molecule has 3 aromatic carbocycles. The molecule has 0 aliphatic carbocycles. The topological polar surface area (TPSA) is 178 Å². The number of anilines is 3. The van der Waals surface area contributed by atoms with Crippen LogP contribution in [0.5, 0.6) is 5.75 Å². The van der Waals surface area contributed by atoms with Crippen molar-refractivity contribution in [3.05, 3.63) is 102 Å². The highest BCUT2D eigenvalue weighted by molar-refractivity contribution is 7.91. The van der Waals surface area contributed by atoms with Crippen LogP contribution in [0.4, 0.5) is 22.1 Å². The maximum Gasteiger partial charge on any atom is 0.324 e. The van der Waals surface area contributed by atoms with Gasteiger partial charge in [0.15, 0.2) is 9.84 Å². The highest BCUT2D eigenvalue weighted by atomic mass is 32.2. The summed E-state index contributed by atoms with van der Waals surface area (Å²) in [7, 11) is -6.13. The van der Waals surface area contributed by atoms with E-state index in [-0.39, 0.29) is 23.6 Å². The smallest absolute Gasteiger partial charge is 0.324 e. The van der Waals surface area contributed by atoms with Crippen LogP contribution in [0.2, 0.25) is 0 Å². The van der Waals surface area contributed by atoms with Crippen LogP contribution in [0, 0.1) is 6.92 Å². The maximum atomic E-state index is 13.3. The second-order valence-electron chi connectivity index (χ2n) is 13.3. The molecule has 2 heterocycles. The minimum absolute atomic E-state index is 0.161. The van der Waals surface area contributed by atoms with Crippen LogP contribution in [0.1, 0.15) is 44.5 Å². The van der Waals surface area contributed by atoms with Gasteiger partial charge in [-0.3, -0.25) is 10.1 Å². The van der Waals surface area contributed by atoms with Crippen molar-refractivity contribution in [2.24, 2.45) is 0 Å². The largest absolute Gasteiger partial charge is 0.488 e. The van der Waals surface area contributed by atoms with Gasteiger partial charge in [-0.15, -0.1) is 0 Å². The molecule has 0 atom stereocenters. The number of rotatable bonds is 10. The molecule has 2 aromatic heterocycles. The van der Waals surface area contributed by atoms with Gasteiger partial charge in [-0.05, 0) is 48.9 Å². The molecule has 0 saturated carbocycles. The van der Waals surface area contributed by atoms with Gasteiger partial charge >= 0.3 is 6.03 Å². The second-order valence-corrected chi connectivity index (χ2v) is 17.9. The quantitative estimate of drug-likeness (QED) is 0.148. The van der Waals surface area contributed by atoms with Gasteiger partial charge in [0, 0.05) is 46.7 Å². The number of fused-ring (bicyclic) bond motifs is 1. The maximum absolute atomic E-state index is 13.3. The molecule has 0 bridgehead atoms. The van der Waals surface area contributed by atoms with Gasteiger partial charge < -0.3 is 15.4 Å². The molecular formula is C37H44N6O7S2. The zero-order valence-electron chi connectivity index (χ0n) is 30.2. The van der Waals surface area contributed by atoms with Crippen molar-refractivity contribution in [3.63, 3.8) is 0 Å². The average molecular weight is 749 g/mol. The highest BCUT2D eigenvalue weighted by Crippen LogP contribution is 2.33. The number of ether oxygens (including phenoxy) is 1. The van der Waals surface area contributed by atoms with E-state index in [2.05, 4.69) is 41.7 Å². The summed E-state index contributed by atoms with van der Waals surface area (Å²) in [5, 5.41) is 14.8. The Morgan fingerprint density at radius 1 is 0.827 bits per heavy atom. The van der Waals surface area contributed by atoms with E-state index >= 15 is 0 Å². The first-order valence-corrected chi connectivity index (χ1v) is 20.4. The number of aromatic nitrogens is 3. The summed E-state index contributed by atoms with van der Waals surface area (Å²) in [5.74, 6) is 0.304. The SMILES string of the molecule is CCS(C)(=O)=O.Cc1ccc(-n2nc(C(C)(C)C)cc2NC(=O)Nc2ccc(OCc3ccnc(NC(=O)CS(C)(=O)=O)c3)c3ccccc23)cc1. The van der Waals surface area contributed by atoms with E-state index in [0.29, 0.717) is 17.3 Å². The summed E-state index contributed by atoms with van der Waals surface area (Å²) >= 11 is 0. The van der Waals surface area contributed by atoms with Crippen molar-refractivity contribution in [2.45, 2.75) is 46.6 Å². The van der Waals surface area contributed by atoms with Gasteiger partial charge in [-0.25, -0.2) is 31.3 Å². The number of carbonyl (C=O) groups is 2. The zero-order valence-corrected chi connectivity index (χ0v) is 31.9. The van der Waals surface area contributed by atoms with Crippen LogP contribution < -0.4 is 20.7 Å². The Bertz CT molecular complexity index is 2280. The molecule has 0 aliphatic rings. The lowest BCUT2D eigenvalue weighted by atomic mass is 9.92. The van der Waals surface area contributed by atoms with E-state index in [1.54, 1.807) is 35.9 Å². The van der Waals surface area contributed by atoms with Crippen molar-refractivity contribution in [2.75, 3.05) is 40.0 Å². The number of sulfone groups is 2. The van der Waals surface area contributed by atoms with E-state index < -0.39 is 37.4 Å². The first-order chi connectivity index (χ1) is 24.3. The van der Waals surface area contributed by atoms with Crippen molar-refractivity contribution in [3.8, 4) is 11.4 Å². The lowest BCUT2D eigenvalue weighted by Gasteiger charge is -2.15. The average Bonchev–Trinajstić information content (AvgIpc) is 3.48. The van der Waals surface area contributed by atoms with Crippen LogP contribution in [-0.4, -0.2) is 67.6 Å². The molecular weight excluding hydrogens is 705 g/mol. The van der Waals surface area contributed by atoms with Crippen LogP contribution in [0.3, 0.4) is 0 Å². The molecule has 0 fully saturated rings. The van der Waals surface area contributed by atoms with E-state index in [4.69, 9.17) is 9.84 Å². The molecule has 0 spiro atoms. The van der Waals surface area contributed by atoms with Gasteiger partial charge in [0.25, 0.3) is 0 Å². The summed E-state index contributed by atoms with van der Waals surface area (Å²) in [6.07, 6.45) is 3.72. The third kappa shape index (κ3) is 11.6. The minimum atomic E-state index is -3.47. The number of amides is 3. The van der Waals surface area contributed by atoms with Gasteiger partial charge in [0.2, 0.25) is 5.91 Å². The number of hydrogen-bond acceptors (Lipinski definition) is 9. The van der Waals surface area contributed by atoms with E-state index in [1.165, 1.54) is 12.5 Å². The number of nitrogens with zero attached hydrogens (tertiary/aromatic N) is 3. The third-order valence-corrected chi connectivity index (χ3v) is 9.37. The monoisotopic (exact) mass is 748 g/mol. The molecule has 0 unspecified atom stereocenters. The molecule has 5 rings (SSSR count). The zero-order chi connectivity index (χ0) is 38.3. The van der Waals surface area contributed by atoms with Crippen molar-refractivity contribution in [1.29, 1.82) is 0 Å². The van der Waals surface area contributed by atoms with E-state index in [1.807, 2.05) is 61.5 Å². The number of carbonyl (C=O) groups excluding carboxylic acids is 2. The first kappa shape index (κ1) is 39.5. The number of nitrogens with one attached hydrogen (secondary N) is 3. The molecule has 5 aromatic rings. The number of hydrogen-bond donors (Lipinski definition) is 3. The molecule has 15 heteroatoms. The molecule has 0 aliphatic heterocycles. The molecule has 52 heavy (non-hydrogen) atoms. The van der Waals surface area contributed by atoms with Gasteiger partial charge in [0.05, 0.1) is 17.1 Å². The Morgan fingerprint density at radius 2 is 1.48 bits per heavy atom. The molecule has 3 N–H and O–H groups in total. The Hall–Kier alpha value is -5.28. The van der Waals surface area contributed by atoms with E-state index in [9.17, 15) is 26.4 Å². The van der Waals surface area contributed by atoms with Crippen LogP contribution in [0.25, 0.3) is 16.5 Å². The Kier molecular flexibility index (Phi) is 12.4. The van der Waals surface area contributed by atoms with Gasteiger partial charge in [-0.1, -0.05) is 69.7 Å². The third-order valence-electron chi connectivity index (χ3n) is 7.53.